The van der Waals surface area contributed by atoms with Gasteiger partial charge in [0.15, 0.2) is 0 Å². The smallest absolute Gasteiger partial charge is 0.326 e. The summed E-state index contributed by atoms with van der Waals surface area (Å²) >= 11 is 5.82. The summed E-state index contributed by atoms with van der Waals surface area (Å²) in [5.74, 6) is -0.521. The van der Waals surface area contributed by atoms with Gasteiger partial charge in [-0.3, -0.25) is 10.1 Å². The molecule has 1 saturated heterocycles. The average molecular weight is 311 g/mol. The maximum Gasteiger partial charge on any atom is 0.326 e. The van der Waals surface area contributed by atoms with Crippen molar-refractivity contribution in [2.75, 3.05) is 11.4 Å². The molecule has 1 saturated carbocycles. The van der Waals surface area contributed by atoms with Gasteiger partial charge in [0.1, 0.15) is 11.7 Å². The molecular weight excluding hydrogens is 296 g/mol. The molecule has 2 fully saturated rings. The Balaban J connectivity index is 2.03. The molecule has 3 unspecified atom stereocenters. The Morgan fingerprint density at radius 2 is 2.19 bits per heavy atom. The Kier molecular flexibility index (Phi) is 3.49. The molecule has 1 aliphatic heterocycles. The number of carbonyl (C=O) groups is 1. The number of carboxylic acids is 1. The molecule has 0 bridgehead atoms. The van der Waals surface area contributed by atoms with Crippen molar-refractivity contribution in [1.29, 1.82) is 0 Å². The number of halogens is 1. The number of rotatable bonds is 3. The Hall–Kier alpha value is -1.82. The summed E-state index contributed by atoms with van der Waals surface area (Å²) in [7, 11) is 0. The quantitative estimate of drug-likeness (QED) is 0.685. The Labute approximate surface area is 126 Å². The lowest BCUT2D eigenvalue weighted by atomic mass is 9.94. The van der Waals surface area contributed by atoms with Gasteiger partial charge in [-0.05, 0) is 36.8 Å². The lowest BCUT2D eigenvalue weighted by Crippen LogP contribution is -2.39. The van der Waals surface area contributed by atoms with E-state index in [9.17, 15) is 20.0 Å². The second-order valence-electron chi connectivity index (χ2n) is 5.68. The van der Waals surface area contributed by atoms with Gasteiger partial charge in [-0.2, -0.15) is 0 Å². The molecule has 0 radical (unpaired) electrons. The van der Waals surface area contributed by atoms with Crippen LogP contribution < -0.4 is 4.90 Å². The van der Waals surface area contributed by atoms with Crippen LogP contribution in [0.4, 0.5) is 11.4 Å². The molecule has 1 aromatic carbocycles. The van der Waals surface area contributed by atoms with Gasteiger partial charge in [-0.25, -0.2) is 4.79 Å². The summed E-state index contributed by atoms with van der Waals surface area (Å²) in [4.78, 5) is 24.0. The normalized spacial score (nSPS) is 27.7. The van der Waals surface area contributed by atoms with Crippen molar-refractivity contribution in [1.82, 2.24) is 0 Å². The fourth-order valence-electron chi connectivity index (χ4n) is 3.76. The fourth-order valence-corrected chi connectivity index (χ4v) is 3.92. The standard InChI is InChI=1S/C14H15ClN2O4/c15-9-4-5-11(12(6-9)17(20)21)16-7-8-2-1-3-10(8)13(16)14(18)19/h4-6,8,10,13H,1-3,7H2,(H,18,19). The van der Waals surface area contributed by atoms with E-state index in [4.69, 9.17) is 11.6 Å². The van der Waals surface area contributed by atoms with Crippen molar-refractivity contribution >= 4 is 28.9 Å². The maximum absolute atomic E-state index is 11.6. The molecule has 6 nitrogen and oxygen atoms in total. The van der Waals surface area contributed by atoms with Gasteiger partial charge in [0, 0.05) is 17.6 Å². The van der Waals surface area contributed by atoms with Gasteiger partial charge in [0.2, 0.25) is 0 Å². The number of hydrogen-bond donors (Lipinski definition) is 1. The number of nitro benzene ring substituents is 1. The SMILES string of the molecule is O=C(O)C1C2CCCC2CN1c1ccc(Cl)cc1[N+](=O)[O-]. The van der Waals surface area contributed by atoms with Gasteiger partial charge < -0.3 is 10.0 Å². The van der Waals surface area contributed by atoms with E-state index in [1.807, 2.05) is 0 Å². The van der Waals surface area contributed by atoms with Gasteiger partial charge in [-0.15, -0.1) is 0 Å². The summed E-state index contributed by atoms with van der Waals surface area (Å²) in [6.07, 6.45) is 2.90. The zero-order chi connectivity index (χ0) is 15.1. The van der Waals surface area contributed by atoms with Gasteiger partial charge in [0.25, 0.3) is 5.69 Å². The van der Waals surface area contributed by atoms with Crippen LogP contribution in [0.2, 0.25) is 5.02 Å². The minimum absolute atomic E-state index is 0.0813. The highest BCUT2D eigenvalue weighted by molar-refractivity contribution is 6.30. The molecule has 7 heteroatoms. The van der Waals surface area contributed by atoms with Crippen LogP contribution in [-0.4, -0.2) is 28.6 Å². The van der Waals surface area contributed by atoms with Crippen LogP contribution in [-0.2, 0) is 4.79 Å². The average Bonchev–Trinajstić information content (AvgIpc) is 2.97. The van der Waals surface area contributed by atoms with E-state index in [0.717, 1.165) is 19.3 Å². The molecule has 3 rings (SSSR count). The number of fused-ring (bicyclic) bond motifs is 1. The predicted octanol–water partition coefficient (Wildman–Crippen LogP) is 2.94. The summed E-state index contributed by atoms with van der Waals surface area (Å²) in [6.45, 7) is 0.560. The summed E-state index contributed by atoms with van der Waals surface area (Å²) in [5.41, 5.74) is 0.222. The first-order valence-electron chi connectivity index (χ1n) is 6.92. The number of nitro groups is 1. The molecule has 0 amide bonds. The zero-order valence-electron chi connectivity index (χ0n) is 11.2. The minimum atomic E-state index is -0.909. The number of aliphatic carboxylic acids is 1. The topological polar surface area (TPSA) is 83.7 Å². The number of carboxylic acid groups (broad SMARTS) is 1. The Morgan fingerprint density at radius 3 is 2.86 bits per heavy atom. The molecule has 1 aromatic rings. The molecule has 112 valence electrons. The molecule has 1 aliphatic carbocycles. The molecule has 3 atom stereocenters. The van der Waals surface area contributed by atoms with E-state index in [2.05, 4.69) is 0 Å². The monoisotopic (exact) mass is 310 g/mol. The largest absolute Gasteiger partial charge is 0.480 e. The molecule has 1 heterocycles. The van der Waals surface area contributed by atoms with E-state index >= 15 is 0 Å². The van der Waals surface area contributed by atoms with Crippen LogP contribution in [0.5, 0.6) is 0 Å². The highest BCUT2D eigenvalue weighted by Crippen LogP contribution is 2.46. The van der Waals surface area contributed by atoms with E-state index in [1.165, 1.54) is 6.07 Å². The third-order valence-corrected chi connectivity index (χ3v) is 4.82. The first kappa shape index (κ1) is 14.1. The highest BCUT2D eigenvalue weighted by Gasteiger charge is 2.49. The van der Waals surface area contributed by atoms with E-state index in [1.54, 1.807) is 17.0 Å². The van der Waals surface area contributed by atoms with Crippen molar-refractivity contribution in [3.63, 3.8) is 0 Å². The molecule has 0 aromatic heterocycles. The van der Waals surface area contributed by atoms with Crippen molar-refractivity contribution in [3.8, 4) is 0 Å². The Morgan fingerprint density at radius 1 is 1.43 bits per heavy atom. The van der Waals surface area contributed by atoms with Crippen molar-refractivity contribution in [2.45, 2.75) is 25.3 Å². The lowest BCUT2D eigenvalue weighted by molar-refractivity contribution is -0.384. The van der Waals surface area contributed by atoms with E-state index in [0.29, 0.717) is 18.2 Å². The van der Waals surface area contributed by atoms with Crippen molar-refractivity contribution in [3.05, 3.63) is 33.3 Å². The maximum atomic E-state index is 11.6. The first-order chi connectivity index (χ1) is 9.99. The fraction of sp³-hybridized carbons (Fsp3) is 0.500. The van der Waals surface area contributed by atoms with Crippen LogP contribution >= 0.6 is 11.6 Å². The zero-order valence-corrected chi connectivity index (χ0v) is 12.0. The van der Waals surface area contributed by atoms with Crippen molar-refractivity contribution in [2.24, 2.45) is 11.8 Å². The number of benzene rings is 1. The third-order valence-electron chi connectivity index (χ3n) is 4.59. The molecule has 1 N–H and O–H groups in total. The third kappa shape index (κ3) is 2.33. The van der Waals surface area contributed by atoms with E-state index in [-0.39, 0.29) is 16.6 Å². The molecular formula is C14H15ClN2O4. The van der Waals surface area contributed by atoms with Gasteiger partial charge in [-0.1, -0.05) is 18.0 Å². The first-order valence-corrected chi connectivity index (χ1v) is 7.30. The second-order valence-corrected chi connectivity index (χ2v) is 6.12. The molecule has 2 aliphatic rings. The Bertz CT molecular complexity index is 607. The second kappa shape index (κ2) is 5.18. The number of anilines is 1. The predicted molar refractivity (Wildman–Crippen MR) is 77.7 cm³/mol. The highest BCUT2D eigenvalue weighted by atomic mass is 35.5. The molecule has 21 heavy (non-hydrogen) atoms. The van der Waals surface area contributed by atoms with Crippen LogP contribution in [0.1, 0.15) is 19.3 Å². The van der Waals surface area contributed by atoms with Crippen LogP contribution in [0, 0.1) is 22.0 Å². The van der Waals surface area contributed by atoms with Gasteiger partial charge >= 0.3 is 5.97 Å². The van der Waals surface area contributed by atoms with E-state index < -0.39 is 16.9 Å². The molecule has 0 spiro atoms. The van der Waals surface area contributed by atoms with Crippen molar-refractivity contribution < 1.29 is 14.8 Å². The van der Waals surface area contributed by atoms with Gasteiger partial charge in [0.05, 0.1) is 4.92 Å². The summed E-state index contributed by atoms with van der Waals surface area (Å²) < 4.78 is 0. The number of nitrogens with zero attached hydrogens (tertiary/aromatic N) is 2. The minimum Gasteiger partial charge on any atom is -0.480 e. The summed E-state index contributed by atoms with van der Waals surface area (Å²) in [6, 6.07) is 3.72. The number of hydrogen-bond acceptors (Lipinski definition) is 4. The lowest BCUT2D eigenvalue weighted by Gasteiger charge is -2.26. The van der Waals surface area contributed by atoms with Crippen LogP contribution in [0.15, 0.2) is 18.2 Å². The van der Waals surface area contributed by atoms with Crippen LogP contribution in [0.3, 0.4) is 0 Å². The van der Waals surface area contributed by atoms with Crippen LogP contribution in [0.25, 0.3) is 0 Å². The summed E-state index contributed by atoms with van der Waals surface area (Å²) in [5, 5.41) is 21.0.